The quantitative estimate of drug-likeness (QED) is 0.110. The number of benzene rings is 2. The van der Waals surface area contributed by atoms with Crippen molar-refractivity contribution in [1.29, 1.82) is 0 Å². The molecule has 0 aliphatic rings. The number of carbonyl (C=O) groups is 2. The Morgan fingerprint density at radius 1 is 1.14 bits per heavy atom. The minimum absolute atomic E-state index is 0.177. The summed E-state index contributed by atoms with van der Waals surface area (Å²) in [7, 11) is 7.32. The molecule has 1 aromatic heterocycles. The van der Waals surface area contributed by atoms with Crippen LogP contribution in [0.15, 0.2) is 53.2 Å². The summed E-state index contributed by atoms with van der Waals surface area (Å²) in [5.74, 6) is 0.922. The molecule has 0 spiro atoms. The molecule has 0 unspecified atom stereocenters. The second kappa shape index (κ2) is 16.1. The van der Waals surface area contributed by atoms with Crippen molar-refractivity contribution in [3.8, 4) is 0 Å². The first-order valence-corrected chi connectivity index (χ1v) is 16.0. The lowest BCUT2D eigenvalue weighted by atomic mass is 10.1. The number of hydrogen-bond donors (Lipinski definition) is 3. The summed E-state index contributed by atoms with van der Waals surface area (Å²) >= 11 is 0. The molecular weight excluding hydrogens is 571 g/mol. The smallest absolute Gasteiger partial charge is 0.407 e. The molecule has 226 valence electrons. The Balaban J connectivity index is 1.54. The minimum atomic E-state index is -0.486. The molecule has 3 rings (SSSR count). The van der Waals surface area contributed by atoms with Crippen LogP contribution in [-0.2, 0) is 16.1 Å². The number of anilines is 3. The lowest BCUT2D eigenvalue weighted by molar-refractivity contribution is -0.116. The van der Waals surface area contributed by atoms with Gasteiger partial charge in [0.2, 0.25) is 6.41 Å². The van der Waals surface area contributed by atoms with E-state index < -0.39 is 6.09 Å². The molecule has 0 saturated heterocycles. The van der Waals surface area contributed by atoms with Gasteiger partial charge in [-0.1, -0.05) is 59.7 Å². The molecule has 4 N–H and O–H groups in total. The molecule has 0 radical (unpaired) electrons. The molecule has 0 aliphatic heterocycles. The highest BCUT2D eigenvalue weighted by molar-refractivity contribution is 8.78. The van der Waals surface area contributed by atoms with Crippen LogP contribution >= 0.6 is 21.6 Å². The van der Waals surface area contributed by atoms with E-state index in [9.17, 15) is 9.59 Å². The van der Waals surface area contributed by atoms with E-state index in [0.717, 1.165) is 39.2 Å². The Hall–Kier alpha value is -3.64. The number of nitrogens with one attached hydrogen (secondary N) is 2. The molecule has 0 aliphatic carbocycles. The van der Waals surface area contributed by atoms with Crippen molar-refractivity contribution in [2.45, 2.75) is 45.9 Å². The van der Waals surface area contributed by atoms with Crippen molar-refractivity contribution in [3.63, 3.8) is 0 Å². The number of nitrogens with zero attached hydrogens (tertiary/aromatic N) is 4. The number of ether oxygens (including phenoxy) is 1. The number of carbonyl (C=O) groups excluding carboxylic acids is 2. The van der Waals surface area contributed by atoms with Gasteiger partial charge in [0.15, 0.2) is 0 Å². The normalized spacial score (nSPS) is 11.7. The van der Waals surface area contributed by atoms with E-state index in [2.05, 4.69) is 57.5 Å². The Morgan fingerprint density at radius 3 is 2.57 bits per heavy atom. The van der Waals surface area contributed by atoms with Gasteiger partial charge in [-0.3, -0.25) is 4.79 Å². The van der Waals surface area contributed by atoms with E-state index in [1.54, 1.807) is 39.6 Å². The average Bonchev–Trinajstić information content (AvgIpc) is 2.96. The monoisotopic (exact) mass is 611 g/mol. The molecular formula is C30H41N7O3S2. The maximum Gasteiger partial charge on any atom is 0.407 e. The predicted molar refractivity (Wildman–Crippen MR) is 177 cm³/mol. The molecule has 0 saturated carbocycles. The van der Waals surface area contributed by atoms with Gasteiger partial charge in [-0.15, -0.1) is 0 Å². The predicted octanol–water partition coefficient (Wildman–Crippen LogP) is 5.79. The number of allylic oxidation sites excluding steroid dienone is 1. The molecule has 0 bridgehead atoms. The first kappa shape index (κ1) is 32.9. The van der Waals surface area contributed by atoms with Crippen molar-refractivity contribution in [2.75, 3.05) is 49.7 Å². The highest BCUT2D eigenvalue weighted by atomic mass is 33.1. The molecule has 2 amide bonds. The third-order valence-electron chi connectivity index (χ3n) is 6.31. The van der Waals surface area contributed by atoms with Crippen molar-refractivity contribution in [1.82, 2.24) is 20.2 Å². The number of nitrogen functional groups attached to an aromatic ring is 1. The largest absolute Gasteiger partial charge is 0.449 e. The highest BCUT2D eigenvalue weighted by Gasteiger charge is 2.16. The van der Waals surface area contributed by atoms with Crippen molar-refractivity contribution < 1.29 is 14.3 Å². The number of nitrogens with two attached hydrogens (primary N) is 1. The number of amides is 2. The zero-order valence-electron chi connectivity index (χ0n) is 25.1. The van der Waals surface area contributed by atoms with Crippen molar-refractivity contribution in [2.24, 2.45) is 0 Å². The molecule has 0 fully saturated rings. The summed E-state index contributed by atoms with van der Waals surface area (Å²) in [4.78, 5) is 37.4. The molecule has 1 heterocycles. The van der Waals surface area contributed by atoms with Crippen LogP contribution < -0.4 is 21.3 Å². The summed E-state index contributed by atoms with van der Waals surface area (Å²) in [6, 6.07) is 12.4. The van der Waals surface area contributed by atoms with E-state index in [0.29, 0.717) is 42.0 Å². The number of aromatic nitrogens is 2. The maximum atomic E-state index is 12.4. The second-order valence-corrected chi connectivity index (χ2v) is 13.0. The van der Waals surface area contributed by atoms with E-state index in [4.69, 9.17) is 10.5 Å². The number of aryl methyl sites for hydroxylation is 1. The summed E-state index contributed by atoms with van der Waals surface area (Å²) in [6.45, 7) is 9.22. The van der Waals surface area contributed by atoms with Crippen molar-refractivity contribution in [3.05, 3.63) is 64.6 Å². The van der Waals surface area contributed by atoms with Gasteiger partial charge in [0.25, 0.3) is 0 Å². The van der Waals surface area contributed by atoms with Gasteiger partial charge in [0, 0.05) is 83.4 Å². The minimum Gasteiger partial charge on any atom is -0.449 e. The van der Waals surface area contributed by atoms with Gasteiger partial charge in [0.05, 0.1) is 13.2 Å². The Bertz CT molecular complexity index is 1400. The fourth-order valence-corrected chi connectivity index (χ4v) is 6.39. The molecule has 42 heavy (non-hydrogen) atoms. The van der Waals surface area contributed by atoms with Gasteiger partial charge in [-0.05, 0) is 26.0 Å². The van der Waals surface area contributed by atoms with Gasteiger partial charge in [0.1, 0.15) is 11.6 Å². The lowest BCUT2D eigenvalue weighted by Gasteiger charge is -2.22. The fraction of sp³-hybridized carbons (Fsp3) is 0.400. The van der Waals surface area contributed by atoms with Crippen LogP contribution in [0, 0.1) is 6.92 Å². The van der Waals surface area contributed by atoms with E-state index in [1.807, 2.05) is 39.2 Å². The first-order valence-electron chi connectivity index (χ1n) is 13.8. The Kier molecular flexibility index (Phi) is 12.6. The molecule has 3 aromatic rings. The van der Waals surface area contributed by atoms with Crippen LogP contribution in [0.4, 0.5) is 22.0 Å². The van der Waals surface area contributed by atoms with Gasteiger partial charge in [-0.2, -0.15) is 0 Å². The fourth-order valence-electron chi connectivity index (χ4n) is 4.14. The molecule has 2 aromatic carbocycles. The standard InChI is InChI=1S/C30H41N7O3S2/c1-20(2)41-42-28(21(3)37(19-38)18-23-17-34-22(4)35-29(23)31)13-16-40-30(39)33-15-14-32-26-11-7-10-25-24(26)9-8-12-27(25)36(5)6/h7-12,17,19-20,32H,13-16,18H2,1-6H3,(H,33,39)(H2,31,34,35). The van der Waals surface area contributed by atoms with Crippen LogP contribution in [0.3, 0.4) is 0 Å². The van der Waals surface area contributed by atoms with Crippen LogP contribution in [0.2, 0.25) is 0 Å². The maximum absolute atomic E-state index is 12.4. The summed E-state index contributed by atoms with van der Waals surface area (Å²) in [5.41, 5.74) is 9.64. The van der Waals surface area contributed by atoms with E-state index in [-0.39, 0.29) is 13.2 Å². The third-order valence-corrected chi connectivity index (χ3v) is 9.54. The zero-order valence-corrected chi connectivity index (χ0v) is 26.8. The van der Waals surface area contributed by atoms with Crippen molar-refractivity contribution >= 4 is 62.1 Å². The van der Waals surface area contributed by atoms with Crippen LogP contribution in [0.5, 0.6) is 0 Å². The average molecular weight is 612 g/mol. The Morgan fingerprint density at radius 2 is 1.88 bits per heavy atom. The van der Waals surface area contributed by atoms with Gasteiger partial charge in [-0.25, -0.2) is 14.8 Å². The number of rotatable bonds is 15. The molecule has 0 atom stereocenters. The number of fused-ring (bicyclic) bond motifs is 1. The highest BCUT2D eigenvalue weighted by Crippen LogP contribution is 2.38. The van der Waals surface area contributed by atoms with Crippen LogP contribution in [0.25, 0.3) is 10.8 Å². The molecule has 12 heteroatoms. The van der Waals surface area contributed by atoms with Gasteiger partial charge < -0.3 is 30.9 Å². The number of alkyl carbamates (subject to hydrolysis) is 1. The molecule has 10 nitrogen and oxygen atoms in total. The second-order valence-electron chi connectivity index (χ2n) is 10.1. The zero-order chi connectivity index (χ0) is 30.6. The summed E-state index contributed by atoms with van der Waals surface area (Å²) in [5, 5.41) is 8.88. The topological polar surface area (TPSA) is 126 Å². The van der Waals surface area contributed by atoms with Gasteiger partial charge >= 0.3 is 6.09 Å². The summed E-state index contributed by atoms with van der Waals surface area (Å²) in [6.07, 6.45) is 2.39. The number of hydrogen-bond acceptors (Lipinski definition) is 10. The van der Waals surface area contributed by atoms with Crippen LogP contribution in [-0.4, -0.2) is 66.4 Å². The summed E-state index contributed by atoms with van der Waals surface area (Å²) < 4.78 is 5.47. The first-order chi connectivity index (χ1) is 20.1. The van der Waals surface area contributed by atoms with E-state index in [1.165, 1.54) is 0 Å². The van der Waals surface area contributed by atoms with E-state index >= 15 is 0 Å². The third kappa shape index (κ3) is 9.45. The van der Waals surface area contributed by atoms with Crippen LogP contribution in [0.1, 0.15) is 38.6 Å². The lowest BCUT2D eigenvalue weighted by Crippen LogP contribution is -2.29. The SMILES string of the molecule is CC(=C(CCOC(=O)NCCNc1cccc2c(N(C)C)cccc12)SSC(C)C)N(C=O)Cc1cnc(C)nc1N. The Labute approximate surface area is 256 Å².